The lowest BCUT2D eigenvalue weighted by Gasteiger charge is -2.30. The first-order valence-electron chi connectivity index (χ1n) is 12.7. The number of fused-ring (bicyclic) bond motifs is 2. The highest BCUT2D eigenvalue weighted by atomic mass is 16.6. The summed E-state index contributed by atoms with van der Waals surface area (Å²) >= 11 is 0. The van der Waals surface area contributed by atoms with Gasteiger partial charge in [0.15, 0.2) is 6.61 Å². The molecule has 38 heavy (non-hydrogen) atoms. The average Bonchev–Trinajstić information content (AvgIpc) is 3.48. The molecule has 0 saturated carbocycles. The lowest BCUT2D eigenvalue weighted by atomic mass is 9.91. The van der Waals surface area contributed by atoms with E-state index >= 15 is 0 Å². The maximum Gasteiger partial charge on any atom is 0.408 e. The molecular weight excluding hydrogens is 478 g/mol. The second-order valence-corrected chi connectivity index (χ2v) is 9.82. The first-order chi connectivity index (χ1) is 18.3. The first-order valence-corrected chi connectivity index (χ1v) is 12.7. The molecule has 3 N–H and O–H groups in total. The van der Waals surface area contributed by atoms with Crippen molar-refractivity contribution < 1.29 is 18.7 Å². The third kappa shape index (κ3) is 5.13. The Morgan fingerprint density at radius 3 is 2.42 bits per heavy atom. The summed E-state index contributed by atoms with van der Waals surface area (Å²) in [5, 5.41) is 7.89. The third-order valence-corrected chi connectivity index (χ3v) is 7.02. The Balaban J connectivity index is 1.36. The smallest absolute Gasteiger partial charge is 0.408 e. The molecule has 5 aromatic rings. The number of ether oxygens (including phenoxy) is 1. The summed E-state index contributed by atoms with van der Waals surface area (Å²) in [5.74, 6) is 0.262. The zero-order valence-corrected chi connectivity index (χ0v) is 21.7. The molecule has 2 aromatic heterocycles. The van der Waals surface area contributed by atoms with Crippen LogP contribution in [0.5, 0.6) is 0 Å². The van der Waals surface area contributed by atoms with Crippen molar-refractivity contribution in [3.8, 4) is 0 Å². The normalized spacial score (nSPS) is 13.7. The quantitative estimate of drug-likeness (QED) is 0.228. The Hall–Kier alpha value is -4.52. The minimum Gasteiger partial charge on any atom is -0.457 e. The second-order valence-electron chi connectivity index (χ2n) is 9.82. The van der Waals surface area contributed by atoms with Gasteiger partial charge >= 0.3 is 6.09 Å². The number of para-hydroxylation sites is 2. The highest BCUT2D eigenvalue weighted by Crippen LogP contribution is 2.26. The van der Waals surface area contributed by atoms with Gasteiger partial charge in [0.1, 0.15) is 16.9 Å². The average molecular weight is 510 g/mol. The molecule has 3 aromatic carbocycles. The fourth-order valence-corrected chi connectivity index (χ4v) is 4.78. The lowest BCUT2D eigenvalue weighted by Crippen LogP contribution is -2.58. The van der Waals surface area contributed by atoms with Crippen molar-refractivity contribution in [3.05, 3.63) is 108 Å². The maximum absolute atomic E-state index is 13.7. The van der Waals surface area contributed by atoms with Crippen LogP contribution in [0.3, 0.4) is 0 Å². The SMILES string of the molecule is Cc1c(COC(=O)N[C@](C)(Cc2c[nH]c3ccccc23)C(=O)N[C@@H](C)c2ccccc2)oc2ccccc12. The molecule has 0 radical (unpaired) electrons. The molecule has 0 aliphatic heterocycles. The second kappa shape index (κ2) is 10.5. The molecule has 0 fully saturated rings. The lowest BCUT2D eigenvalue weighted by molar-refractivity contribution is -0.127. The molecule has 0 aliphatic rings. The molecule has 5 rings (SSSR count). The van der Waals surface area contributed by atoms with Crippen LogP contribution in [-0.2, 0) is 22.6 Å². The van der Waals surface area contributed by atoms with E-state index in [0.29, 0.717) is 5.76 Å². The molecule has 0 bridgehead atoms. The zero-order valence-electron chi connectivity index (χ0n) is 21.7. The van der Waals surface area contributed by atoms with Gasteiger partial charge in [0, 0.05) is 34.5 Å². The van der Waals surface area contributed by atoms with Crippen molar-refractivity contribution in [2.75, 3.05) is 0 Å². The van der Waals surface area contributed by atoms with Crippen molar-refractivity contribution >= 4 is 33.9 Å². The molecule has 0 spiro atoms. The van der Waals surface area contributed by atoms with Gasteiger partial charge in [-0.2, -0.15) is 0 Å². The predicted octanol–water partition coefficient (Wildman–Crippen LogP) is 6.33. The van der Waals surface area contributed by atoms with Crippen LogP contribution < -0.4 is 10.6 Å². The fraction of sp³-hybridized carbons (Fsp3) is 0.226. The van der Waals surface area contributed by atoms with Crippen molar-refractivity contribution in [3.63, 3.8) is 0 Å². The number of carbonyl (C=O) groups excluding carboxylic acids is 2. The zero-order chi connectivity index (χ0) is 26.7. The van der Waals surface area contributed by atoms with E-state index in [9.17, 15) is 9.59 Å². The highest BCUT2D eigenvalue weighted by Gasteiger charge is 2.37. The fourth-order valence-electron chi connectivity index (χ4n) is 4.78. The van der Waals surface area contributed by atoms with Gasteiger partial charge in [-0.25, -0.2) is 4.79 Å². The van der Waals surface area contributed by atoms with Gasteiger partial charge in [0.25, 0.3) is 0 Å². The standard InChI is InChI=1S/C31H31N3O4/c1-20-24-13-8-10-16-27(24)38-28(20)19-37-30(36)34-31(3,17-23-18-32-26-15-9-7-14-25(23)26)29(35)33-21(2)22-11-5-4-6-12-22/h4-16,18,21,32H,17,19H2,1-3H3,(H,33,35)(H,34,36)/t21-,31+/m0/s1. The maximum atomic E-state index is 13.7. The van der Waals surface area contributed by atoms with E-state index in [2.05, 4.69) is 15.6 Å². The number of alkyl carbamates (subject to hydrolysis) is 1. The van der Waals surface area contributed by atoms with E-state index in [4.69, 9.17) is 9.15 Å². The number of hydrogen-bond donors (Lipinski definition) is 3. The van der Waals surface area contributed by atoms with Crippen LogP contribution in [0.1, 0.15) is 42.3 Å². The van der Waals surface area contributed by atoms with Crippen molar-refractivity contribution in [2.24, 2.45) is 0 Å². The minimum atomic E-state index is -1.28. The summed E-state index contributed by atoms with van der Waals surface area (Å²) in [5.41, 5.74) is 3.23. The Labute approximate surface area is 221 Å². The number of rotatable bonds is 8. The molecule has 194 valence electrons. The van der Waals surface area contributed by atoms with E-state index in [1.54, 1.807) is 6.92 Å². The molecular formula is C31H31N3O4. The molecule has 0 saturated heterocycles. The molecule has 2 heterocycles. The van der Waals surface area contributed by atoms with Crippen LogP contribution in [0.2, 0.25) is 0 Å². The van der Waals surface area contributed by atoms with Crippen molar-refractivity contribution in [1.29, 1.82) is 0 Å². The number of hydrogen-bond acceptors (Lipinski definition) is 4. The van der Waals surface area contributed by atoms with Gasteiger partial charge < -0.3 is 24.8 Å². The summed E-state index contributed by atoms with van der Waals surface area (Å²) in [4.78, 5) is 30.0. The number of aryl methyl sites for hydroxylation is 1. The van der Waals surface area contributed by atoms with Gasteiger partial charge in [-0.05, 0) is 44.0 Å². The van der Waals surface area contributed by atoms with E-state index < -0.39 is 11.6 Å². The molecule has 0 aliphatic carbocycles. The molecule has 2 atom stereocenters. The molecule has 7 nitrogen and oxygen atoms in total. The molecule has 2 amide bonds. The largest absolute Gasteiger partial charge is 0.457 e. The molecule has 7 heteroatoms. The van der Waals surface area contributed by atoms with E-state index in [1.165, 1.54) is 0 Å². The summed E-state index contributed by atoms with van der Waals surface area (Å²) in [6, 6.07) is 25.0. The van der Waals surface area contributed by atoms with E-state index in [0.717, 1.165) is 38.6 Å². The monoisotopic (exact) mass is 509 g/mol. The van der Waals surface area contributed by atoms with Gasteiger partial charge in [-0.15, -0.1) is 0 Å². The summed E-state index contributed by atoms with van der Waals surface area (Å²) in [6.07, 6.45) is 1.44. The minimum absolute atomic E-state index is 0.0441. The first kappa shape index (κ1) is 25.1. The summed E-state index contributed by atoms with van der Waals surface area (Å²) < 4.78 is 11.4. The van der Waals surface area contributed by atoms with Gasteiger partial charge in [-0.3, -0.25) is 4.79 Å². The summed E-state index contributed by atoms with van der Waals surface area (Å²) in [7, 11) is 0. The summed E-state index contributed by atoms with van der Waals surface area (Å²) in [6.45, 7) is 5.52. The van der Waals surface area contributed by atoms with Crippen molar-refractivity contribution in [1.82, 2.24) is 15.6 Å². The van der Waals surface area contributed by atoms with Gasteiger partial charge in [-0.1, -0.05) is 66.7 Å². The Morgan fingerprint density at radius 1 is 0.974 bits per heavy atom. The Morgan fingerprint density at radius 2 is 1.66 bits per heavy atom. The number of nitrogens with one attached hydrogen (secondary N) is 3. The van der Waals surface area contributed by atoms with Crippen LogP contribution in [0.25, 0.3) is 21.9 Å². The number of benzene rings is 3. The number of aromatic nitrogens is 1. The Kier molecular flexibility index (Phi) is 6.92. The predicted molar refractivity (Wildman–Crippen MR) is 148 cm³/mol. The number of carbonyl (C=O) groups is 2. The van der Waals surface area contributed by atoms with Gasteiger partial charge in [0.05, 0.1) is 6.04 Å². The third-order valence-electron chi connectivity index (χ3n) is 7.02. The number of amides is 2. The van der Waals surface area contributed by atoms with Crippen molar-refractivity contribution in [2.45, 2.75) is 45.4 Å². The van der Waals surface area contributed by atoms with Gasteiger partial charge in [0.2, 0.25) is 5.91 Å². The molecule has 0 unspecified atom stereocenters. The number of aromatic amines is 1. The van der Waals surface area contributed by atoms with Crippen LogP contribution in [0.4, 0.5) is 4.79 Å². The highest BCUT2D eigenvalue weighted by molar-refractivity contribution is 5.92. The van der Waals surface area contributed by atoms with Crippen LogP contribution >= 0.6 is 0 Å². The topological polar surface area (TPSA) is 96.4 Å². The van der Waals surface area contributed by atoms with Crippen LogP contribution in [0.15, 0.2) is 89.5 Å². The number of H-pyrrole nitrogens is 1. The van der Waals surface area contributed by atoms with Crippen LogP contribution in [-0.4, -0.2) is 22.5 Å². The Bertz CT molecular complexity index is 1590. The van der Waals surface area contributed by atoms with E-state index in [-0.39, 0.29) is 25.0 Å². The van der Waals surface area contributed by atoms with E-state index in [1.807, 2.05) is 98.9 Å². The number of furan rings is 1. The van der Waals surface area contributed by atoms with Crippen LogP contribution in [0, 0.1) is 6.92 Å².